The fourth-order valence-corrected chi connectivity index (χ4v) is 2.55. The highest BCUT2D eigenvalue weighted by atomic mass is 14.9. The summed E-state index contributed by atoms with van der Waals surface area (Å²) < 4.78 is 0. The first-order valence-electron chi connectivity index (χ1n) is 7.27. The Kier molecular flexibility index (Phi) is 4.02. The highest BCUT2D eigenvalue weighted by Gasteiger charge is 2.07. The van der Waals surface area contributed by atoms with Gasteiger partial charge in [0.2, 0.25) is 0 Å². The van der Waals surface area contributed by atoms with E-state index in [9.17, 15) is 0 Å². The minimum atomic E-state index is 0.839. The van der Waals surface area contributed by atoms with Crippen LogP contribution in [0.25, 0.3) is 11.1 Å². The summed E-state index contributed by atoms with van der Waals surface area (Å²) in [5, 5.41) is 3.60. The normalized spacial score (nSPS) is 10.3. The number of hydrogen-bond acceptors (Lipinski definition) is 1. The zero-order valence-electron chi connectivity index (χ0n) is 12.2. The van der Waals surface area contributed by atoms with E-state index in [-0.39, 0.29) is 0 Å². The molecule has 0 saturated heterocycles. The summed E-state index contributed by atoms with van der Waals surface area (Å²) in [6, 6.07) is 27.5. The smallest absolute Gasteiger partial charge is 0.0452 e. The molecular formula is C20H19N. The third-order valence-corrected chi connectivity index (χ3v) is 3.67. The molecule has 0 atom stereocenters. The van der Waals surface area contributed by atoms with Gasteiger partial charge in [-0.2, -0.15) is 0 Å². The van der Waals surface area contributed by atoms with Crippen LogP contribution in [0, 0.1) is 6.92 Å². The monoisotopic (exact) mass is 273 g/mol. The first-order valence-corrected chi connectivity index (χ1v) is 7.27. The molecule has 3 aromatic rings. The lowest BCUT2D eigenvalue weighted by Gasteiger charge is -2.15. The van der Waals surface area contributed by atoms with Gasteiger partial charge in [-0.05, 0) is 23.6 Å². The Morgan fingerprint density at radius 2 is 1.38 bits per heavy atom. The highest BCUT2D eigenvalue weighted by Crippen LogP contribution is 2.30. The molecule has 3 rings (SSSR count). The van der Waals surface area contributed by atoms with E-state index in [4.69, 9.17) is 0 Å². The van der Waals surface area contributed by atoms with Crippen LogP contribution in [0.3, 0.4) is 0 Å². The number of para-hydroxylation sites is 1. The second kappa shape index (κ2) is 6.27. The Morgan fingerprint density at radius 3 is 2.10 bits per heavy atom. The molecule has 0 amide bonds. The van der Waals surface area contributed by atoms with Gasteiger partial charge in [0, 0.05) is 17.8 Å². The Labute approximate surface area is 126 Å². The zero-order chi connectivity index (χ0) is 14.5. The summed E-state index contributed by atoms with van der Waals surface area (Å²) >= 11 is 0. The fraction of sp³-hybridized carbons (Fsp3) is 0.100. The third kappa shape index (κ3) is 3.14. The van der Waals surface area contributed by atoms with Crippen molar-refractivity contribution in [1.29, 1.82) is 0 Å². The van der Waals surface area contributed by atoms with Crippen molar-refractivity contribution >= 4 is 5.69 Å². The lowest BCUT2D eigenvalue weighted by molar-refractivity contribution is 1.14. The van der Waals surface area contributed by atoms with E-state index in [0.29, 0.717) is 0 Å². The minimum Gasteiger partial charge on any atom is -0.380 e. The van der Waals surface area contributed by atoms with Gasteiger partial charge in [-0.3, -0.25) is 0 Å². The number of nitrogens with one attached hydrogen (secondary N) is 1. The van der Waals surface area contributed by atoms with E-state index in [2.05, 4.69) is 85.0 Å². The third-order valence-electron chi connectivity index (χ3n) is 3.67. The van der Waals surface area contributed by atoms with Gasteiger partial charge in [-0.1, -0.05) is 78.9 Å². The predicted octanol–water partition coefficient (Wildman–Crippen LogP) is 5.27. The van der Waals surface area contributed by atoms with Gasteiger partial charge >= 0.3 is 0 Å². The molecule has 0 bridgehead atoms. The average molecular weight is 273 g/mol. The molecule has 0 heterocycles. The number of anilines is 1. The van der Waals surface area contributed by atoms with Crippen LogP contribution in [0.2, 0.25) is 0 Å². The van der Waals surface area contributed by atoms with Crippen molar-refractivity contribution in [3.05, 3.63) is 90.0 Å². The first-order chi connectivity index (χ1) is 10.3. The molecule has 0 aliphatic heterocycles. The predicted molar refractivity (Wildman–Crippen MR) is 90.4 cm³/mol. The molecule has 0 aliphatic rings. The maximum Gasteiger partial charge on any atom is 0.0452 e. The Balaban J connectivity index is 1.91. The van der Waals surface area contributed by atoms with Crippen molar-refractivity contribution < 1.29 is 0 Å². The molecule has 21 heavy (non-hydrogen) atoms. The molecule has 1 nitrogen and oxygen atoms in total. The molecule has 0 aliphatic carbocycles. The summed E-state index contributed by atoms with van der Waals surface area (Å²) in [6.07, 6.45) is 0. The second-order valence-electron chi connectivity index (χ2n) is 5.20. The van der Waals surface area contributed by atoms with Gasteiger partial charge in [0.25, 0.3) is 0 Å². The van der Waals surface area contributed by atoms with Crippen molar-refractivity contribution in [3.8, 4) is 11.1 Å². The lowest BCUT2D eigenvalue weighted by Crippen LogP contribution is -2.02. The molecular weight excluding hydrogens is 254 g/mol. The van der Waals surface area contributed by atoms with Crippen LogP contribution in [0.15, 0.2) is 78.9 Å². The summed E-state index contributed by atoms with van der Waals surface area (Å²) in [6.45, 7) is 2.99. The van der Waals surface area contributed by atoms with Crippen LogP contribution in [0.5, 0.6) is 0 Å². The molecule has 0 fully saturated rings. The molecule has 0 radical (unpaired) electrons. The van der Waals surface area contributed by atoms with Crippen molar-refractivity contribution in [1.82, 2.24) is 0 Å². The van der Waals surface area contributed by atoms with Crippen LogP contribution in [-0.2, 0) is 6.54 Å². The molecule has 3 aromatic carbocycles. The highest BCUT2D eigenvalue weighted by molar-refractivity contribution is 5.80. The first kappa shape index (κ1) is 13.4. The second-order valence-corrected chi connectivity index (χ2v) is 5.20. The van der Waals surface area contributed by atoms with Gasteiger partial charge in [-0.25, -0.2) is 0 Å². The van der Waals surface area contributed by atoms with Crippen LogP contribution < -0.4 is 5.32 Å². The zero-order valence-corrected chi connectivity index (χ0v) is 12.2. The molecule has 0 saturated carbocycles. The van der Waals surface area contributed by atoms with Crippen molar-refractivity contribution in [2.45, 2.75) is 13.5 Å². The Morgan fingerprint density at radius 1 is 0.714 bits per heavy atom. The number of benzene rings is 3. The van der Waals surface area contributed by atoms with Crippen LogP contribution >= 0.6 is 0 Å². The van der Waals surface area contributed by atoms with Gasteiger partial charge in [0.05, 0.1) is 0 Å². The topological polar surface area (TPSA) is 12.0 Å². The minimum absolute atomic E-state index is 0.839. The molecule has 1 heteroatoms. The maximum atomic E-state index is 3.60. The Bertz CT molecular complexity index is 702. The van der Waals surface area contributed by atoms with E-state index in [1.165, 1.54) is 27.9 Å². The van der Waals surface area contributed by atoms with Crippen molar-refractivity contribution in [2.24, 2.45) is 0 Å². The van der Waals surface area contributed by atoms with E-state index in [0.717, 1.165) is 6.54 Å². The van der Waals surface area contributed by atoms with Crippen LogP contribution in [-0.4, -0.2) is 0 Å². The molecule has 0 unspecified atom stereocenters. The van der Waals surface area contributed by atoms with Gasteiger partial charge < -0.3 is 5.32 Å². The van der Waals surface area contributed by atoms with Crippen LogP contribution in [0.1, 0.15) is 11.1 Å². The van der Waals surface area contributed by atoms with Crippen molar-refractivity contribution in [2.75, 3.05) is 5.32 Å². The van der Waals surface area contributed by atoms with E-state index < -0.39 is 0 Å². The van der Waals surface area contributed by atoms with Gasteiger partial charge in [0.15, 0.2) is 0 Å². The lowest BCUT2D eigenvalue weighted by atomic mass is 10.0. The quantitative estimate of drug-likeness (QED) is 0.682. The molecule has 104 valence electrons. The maximum absolute atomic E-state index is 3.60. The number of rotatable bonds is 4. The summed E-state index contributed by atoms with van der Waals surface area (Å²) in [7, 11) is 0. The number of aryl methyl sites for hydroxylation is 1. The summed E-state index contributed by atoms with van der Waals surface area (Å²) in [4.78, 5) is 0. The van der Waals surface area contributed by atoms with E-state index >= 15 is 0 Å². The molecule has 0 spiro atoms. The Hall–Kier alpha value is -2.54. The van der Waals surface area contributed by atoms with Crippen LogP contribution in [0.4, 0.5) is 5.69 Å². The molecule has 0 aromatic heterocycles. The van der Waals surface area contributed by atoms with E-state index in [1.807, 2.05) is 6.07 Å². The van der Waals surface area contributed by atoms with Crippen molar-refractivity contribution in [3.63, 3.8) is 0 Å². The van der Waals surface area contributed by atoms with Gasteiger partial charge in [-0.15, -0.1) is 0 Å². The standard InChI is InChI=1S/C20H19N/c1-16-9-8-14-19(18-12-6-3-7-13-18)20(16)21-15-17-10-4-2-5-11-17/h2-14,21H,15H2,1H3. The average Bonchev–Trinajstić information content (AvgIpc) is 2.55. The molecule has 1 N–H and O–H groups in total. The fourth-order valence-electron chi connectivity index (χ4n) is 2.55. The largest absolute Gasteiger partial charge is 0.380 e. The summed E-state index contributed by atoms with van der Waals surface area (Å²) in [5.41, 5.74) is 6.28. The SMILES string of the molecule is Cc1cccc(-c2ccccc2)c1NCc1ccccc1. The number of hydrogen-bond donors (Lipinski definition) is 1. The summed E-state index contributed by atoms with van der Waals surface area (Å²) in [5.74, 6) is 0. The van der Waals surface area contributed by atoms with Gasteiger partial charge in [0.1, 0.15) is 0 Å². The van der Waals surface area contributed by atoms with E-state index in [1.54, 1.807) is 0 Å².